The van der Waals surface area contributed by atoms with Gasteiger partial charge in [0.25, 0.3) is 0 Å². The molecule has 1 amide bonds. The molecule has 34 heavy (non-hydrogen) atoms. The van der Waals surface area contributed by atoms with Crippen molar-refractivity contribution in [2.24, 2.45) is 5.10 Å². The van der Waals surface area contributed by atoms with Crippen molar-refractivity contribution >= 4 is 29.2 Å². The van der Waals surface area contributed by atoms with Crippen molar-refractivity contribution in [3.05, 3.63) is 66.2 Å². The van der Waals surface area contributed by atoms with Crippen molar-refractivity contribution in [2.45, 2.75) is 19.3 Å². The average Bonchev–Trinajstić information content (AvgIpc) is 3.05. The number of hydrogen-bond donors (Lipinski definition) is 2. The molecular formula is C25H30N4O5. The second-order valence-corrected chi connectivity index (χ2v) is 8.06. The molecule has 180 valence electrons. The predicted octanol–water partition coefficient (Wildman–Crippen LogP) is 2.38. The van der Waals surface area contributed by atoms with Crippen LogP contribution in [0.1, 0.15) is 24.8 Å². The Labute approximate surface area is 198 Å². The smallest absolute Gasteiger partial charge is 0.414 e. The van der Waals surface area contributed by atoms with Crippen LogP contribution in [0, 0.1) is 0 Å². The third-order valence-corrected chi connectivity index (χ3v) is 5.75. The summed E-state index contributed by atoms with van der Waals surface area (Å²) < 4.78 is 0. The first-order valence-electron chi connectivity index (χ1n) is 11.4. The summed E-state index contributed by atoms with van der Waals surface area (Å²) in [5, 5.41) is 21.2. The Balaban J connectivity index is 0.000000481. The van der Waals surface area contributed by atoms with Gasteiger partial charge in [0.05, 0.1) is 12.3 Å². The summed E-state index contributed by atoms with van der Waals surface area (Å²) in [7, 11) is 0. The van der Waals surface area contributed by atoms with E-state index in [2.05, 4.69) is 52.3 Å². The van der Waals surface area contributed by atoms with Crippen molar-refractivity contribution in [3.8, 4) is 0 Å². The molecule has 9 heteroatoms. The molecule has 0 spiro atoms. The van der Waals surface area contributed by atoms with Crippen LogP contribution in [0.4, 0.5) is 5.69 Å². The molecule has 2 heterocycles. The molecule has 1 fully saturated rings. The number of amides is 1. The number of nitrogens with zero attached hydrogens (tertiary/aromatic N) is 4. The van der Waals surface area contributed by atoms with Crippen LogP contribution in [0.15, 0.2) is 65.8 Å². The number of aliphatic carboxylic acids is 2. The first kappa shape index (κ1) is 24.9. The maximum absolute atomic E-state index is 12.5. The summed E-state index contributed by atoms with van der Waals surface area (Å²) in [6.07, 6.45) is 2.32. The average molecular weight is 467 g/mol. The lowest BCUT2D eigenvalue weighted by molar-refractivity contribution is -0.159. The van der Waals surface area contributed by atoms with Gasteiger partial charge >= 0.3 is 11.9 Å². The quantitative estimate of drug-likeness (QED) is 0.651. The Hall–Kier alpha value is -3.72. The fourth-order valence-electron chi connectivity index (χ4n) is 3.90. The number of hydrazone groups is 1. The molecule has 0 radical (unpaired) electrons. The van der Waals surface area contributed by atoms with Crippen molar-refractivity contribution in [2.75, 3.05) is 44.2 Å². The van der Waals surface area contributed by atoms with Crippen molar-refractivity contribution < 1.29 is 24.6 Å². The van der Waals surface area contributed by atoms with E-state index in [-0.39, 0.29) is 5.91 Å². The number of rotatable bonds is 5. The lowest BCUT2D eigenvalue weighted by atomic mass is 10.1. The molecule has 2 N–H and O–H groups in total. The second-order valence-electron chi connectivity index (χ2n) is 8.06. The van der Waals surface area contributed by atoms with Crippen molar-refractivity contribution in [3.63, 3.8) is 0 Å². The van der Waals surface area contributed by atoms with Gasteiger partial charge in [-0.05, 0) is 30.5 Å². The third-order valence-electron chi connectivity index (χ3n) is 5.75. The number of carbonyl (C=O) groups excluding carboxylic acids is 1. The maximum Gasteiger partial charge on any atom is 0.414 e. The van der Waals surface area contributed by atoms with E-state index >= 15 is 0 Å². The number of piperazine rings is 1. The van der Waals surface area contributed by atoms with Crippen LogP contribution in [-0.2, 0) is 14.4 Å². The predicted molar refractivity (Wildman–Crippen MR) is 129 cm³/mol. The molecule has 0 aliphatic carbocycles. The number of carboxylic acid groups (broad SMARTS) is 2. The van der Waals surface area contributed by atoms with Crippen LogP contribution in [0.25, 0.3) is 0 Å². The summed E-state index contributed by atoms with van der Waals surface area (Å²) in [6, 6.07) is 20.8. The molecular weight excluding hydrogens is 436 g/mol. The fourth-order valence-corrected chi connectivity index (χ4v) is 3.90. The summed E-state index contributed by atoms with van der Waals surface area (Å²) >= 11 is 0. The molecule has 0 bridgehead atoms. The van der Waals surface area contributed by atoms with Gasteiger partial charge in [-0.15, -0.1) is 0 Å². The van der Waals surface area contributed by atoms with Gasteiger partial charge < -0.3 is 15.1 Å². The van der Waals surface area contributed by atoms with Crippen LogP contribution in [-0.4, -0.2) is 82.9 Å². The van der Waals surface area contributed by atoms with E-state index in [4.69, 9.17) is 24.9 Å². The van der Waals surface area contributed by atoms with Gasteiger partial charge in [-0.25, -0.2) is 14.6 Å². The second kappa shape index (κ2) is 12.5. The summed E-state index contributed by atoms with van der Waals surface area (Å²) in [5.74, 6) is -3.50. The summed E-state index contributed by atoms with van der Waals surface area (Å²) in [6.45, 7) is 5.63. The van der Waals surface area contributed by atoms with Crippen LogP contribution in [0.3, 0.4) is 0 Å². The zero-order valence-electron chi connectivity index (χ0n) is 19.0. The Morgan fingerprint density at radius 3 is 1.97 bits per heavy atom. The number of anilines is 1. The molecule has 2 aliphatic rings. The first-order valence-corrected chi connectivity index (χ1v) is 11.4. The summed E-state index contributed by atoms with van der Waals surface area (Å²) in [4.78, 5) is 35.6. The molecule has 0 aromatic heterocycles. The van der Waals surface area contributed by atoms with Gasteiger partial charge in [-0.1, -0.05) is 48.5 Å². The highest BCUT2D eigenvalue weighted by Gasteiger charge is 2.22. The van der Waals surface area contributed by atoms with E-state index < -0.39 is 11.9 Å². The standard InChI is InChI=1S/C23H28N4O.C2H2O4/c28-23-13-7-12-22(20-8-3-1-4-9-20)24-27(23)19-16-25-14-17-26(18-15-25)21-10-5-2-6-11-21;3-1(4)2(5)6/h1-6,8-11H,7,12-19H2;(H,3,4)(H,5,6). The zero-order valence-corrected chi connectivity index (χ0v) is 19.0. The molecule has 4 rings (SSSR count). The van der Waals surface area contributed by atoms with Crippen LogP contribution in [0.2, 0.25) is 0 Å². The Kier molecular flexibility index (Phi) is 9.16. The highest BCUT2D eigenvalue weighted by atomic mass is 16.4. The largest absolute Gasteiger partial charge is 0.473 e. The van der Waals surface area contributed by atoms with Gasteiger partial charge in [0.15, 0.2) is 0 Å². The van der Waals surface area contributed by atoms with Crippen LogP contribution in [0.5, 0.6) is 0 Å². The Morgan fingerprint density at radius 1 is 0.794 bits per heavy atom. The van der Waals surface area contributed by atoms with Gasteiger partial charge in [-0.2, -0.15) is 5.10 Å². The van der Waals surface area contributed by atoms with E-state index in [1.165, 1.54) is 5.69 Å². The van der Waals surface area contributed by atoms with E-state index in [0.29, 0.717) is 13.0 Å². The number of benzene rings is 2. The van der Waals surface area contributed by atoms with E-state index in [0.717, 1.165) is 56.8 Å². The van der Waals surface area contributed by atoms with E-state index in [1.807, 2.05) is 18.2 Å². The highest BCUT2D eigenvalue weighted by Crippen LogP contribution is 2.17. The molecule has 0 saturated carbocycles. The lowest BCUT2D eigenvalue weighted by Gasteiger charge is -2.36. The molecule has 2 aromatic rings. The first-order chi connectivity index (χ1) is 16.4. The number of carboxylic acids is 2. The Bertz CT molecular complexity index is 977. The van der Waals surface area contributed by atoms with E-state index in [1.54, 1.807) is 5.01 Å². The minimum Gasteiger partial charge on any atom is -0.473 e. The van der Waals surface area contributed by atoms with Gasteiger partial charge in [-0.3, -0.25) is 9.69 Å². The number of carbonyl (C=O) groups is 3. The molecule has 2 aliphatic heterocycles. The third kappa shape index (κ3) is 7.41. The fraction of sp³-hybridized carbons (Fsp3) is 0.360. The minimum absolute atomic E-state index is 0.147. The normalized spacial score (nSPS) is 16.7. The van der Waals surface area contributed by atoms with Crippen molar-refractivity contribution in [1.29, 1.82) is 0 Å². The van der Waals surface area contributed by atoms with E-state index in [9.17, 15) is 4.79 Å². The number of para-hydroxylation sites is 1. The minimum atomic E-state index is -1.82. The van der Waals surface area contributed by atoms with Crippen LogP contribution < -0.4 is 4.90 Å². The number of hydrogen-bond acceptors (Lipinski definition) is 6. The maximum atomic E-state index is 12.5. The van der Waals surface area contributed by atoms with Gasteiger partial charge in [0.2, 0.25) is 5.91 Å². The Morgan fingerprint density at radius 2 is 1.38 bits per heavy atom. The molecule has 0 unspecified atom stereocenters. The highest BCUT2D eigenvalue weighted by molar-refractivity contribution is 6.27. The van der Waals surface area contributed by atoms with Crippen LogP contribution >= 0.6 is 0 Å². The summed E-state index contributed by atoms with van der Waals surface area (Å²) in [5.41, 5.74) is 3.45. The molecule has 2 aromatic carbocycles. The molecule has 0 atom stereocenters. The molecule has 9 nitrogen and oxygen atoms in total. The topological polar surface area (TPSA) is 114 Å². The monoisotopic (exact) mass is 466 g/mol. The SMILES string of the molecule is O=C(O)C(=O)O.O=C1CCCC(c2ccccc2)=NN1CCN1CCN(c2ccccc2)CC1. The zero-order chi connectivity index (χ0) is 24.3. The molecule has 1 saturated heterocycles. The van der Waals surface area contributed by atoms with Gasteiger partial charge in [0.1, 0.15) is 0 Å². The van der Waals surface area contributed by atoms with Gasteiger partial charge in [0, 0.05) is 44.8 Å². The van der Waals surface area contributed by atoms with Crippen molar-refractivity contribution in [1.82, 2.24) is 9.91 Å². The lowest BCUT2D eigenvalue weighted by Crippen LogP contribution is -2.48.